The number of halogens is 1. The molecule has 0 bridgehead atoms. The van der Waals surface area contributed by atoms with Gasteiger partial charge in [0.1, 0.15) is 6.04 Å². The predicted octanol–water partition coefficient (Wildman–Crippen LogP) is 3.98. The molecule has 0 saturated carbocycles. The molecule has 1 aliphatic heterocycles. The minimum Gasteiger partial charge on any atom is -0.337 e. The van der Waals surface area contributed by atoms with Crippen molar-refractivity contribution in [3.63, 3.8) is 0 Å². The molecule has 1 fully saturated rings. The molecule has 4 rings (SSSR count). The Kier molecular flexibility index (Phi) is 5.95. The van der Waals surface area contributed by atoms with Gasteiger partial charge in [-0.2, -0.15) is 0 Å². The maximum atomic E-state index is 12.8. The van der Waals surface area contributed by atoms with Gasteiger partial charge in [-0.05, 0) is 44.0 Å². The van der Waals surface area contributed by atoms with Crippen molar-refractivity contribution in [2.24, 2.45) is 0 Å². The van der Waals surface area contributed by atoms with E-state index >= 15 is 0 Å². The van der Waals surface area contributed by atoms with E-state index in [4.69, 9.17) is 16.6 Å². The quantitative estimate of drug-likeness (QED) is 0.686. The van der Waals surface area contributed by atoms with Crippen LogP contribution in [-0.2, 0) is 4.79 Å². The average molecular weight is 415 g/mol. The van der Waals surface area contributed by atoms with Crippen molar-refractivity contribution in [2.45, 2.75) is 31.7 Å². The Labute approximate surface area is 174 Å². The maximum Gasteiger partial charge on any atom is 0.277 e. The van der Waals surface area contributed by atoms with Gasteiger partial charge in [0.05, 0.1) is 15.2 Å². The number of benzene rings is 2. The van der Waals surface area contributed by atoms with Crippen molar-refractivity contribution in [1.82, 2.24) is 9.88 Å². The summed E-state index contributed by atoms with van der Waals surface area (Å²) in [6.45, 7) is 4.22. The Balaban J connectivity index is 1.35. The highest BCUT2D eigenvalue weighted by molar-refractivity contribution is 7.18. The van der Waals surface area contributed by atoms with Gasteiger partial charge >= 0.3 is 0 Å². The molecule has 6 heteroatoms. The molecule has 3 aromatic rings. The van der Waals surface area contributed by atoms with Gasteiger partial charge in [-0.1, -0.05) is 35.9 Å². The molecule has 0 aliphatic carbocycles. The Morgan fingerprint density at radius 2 is 2.07 bits per heavy atom. The van der Waals surface area contributed by atoms with Crippen LogP contribution in [0.1, 0.15) is 42.3 Å². The number of hydrogen-bond donors (Lipinski definition) is 1. The lowest BCUT2D eigenvalue weighted by Crippen LogP contribution is -2.87. The molecular formula is C22H25ClN3OS+. The zero-order valence-electron chi connectivity index (χ0n) is 16.0. The summed E-state index contributed by atoms with van der Waals surface area (Å²) < 4.78 is 1.23. The van der Waals surface area contributed by atoms with Crippen LogP contribution < -0.4 is 5.32 Å². The summed E-state index contributed by atoms with van der Waals surface area (Å²) in [6, 6.07) is 16.3. The van der Waals surface area contributed by atoms with Gasteiger partial charge in [-0.25, -0.2) is 4.98 Å². The standard InChI is InChI=1S/C22H24ClN3OS/c1-15(16-8-10-18(23)11-9-16)24-13-21(27)26-12-4-5-17(14-26)22-25-19-6-2-3-7-20(19)28-22/h2-3,6-11,15,17,24H,4-5,12-14H2,1H3/p+1/t15-,17+/m1/s1. The summed E-state index contributed by atoms with van der Waals surface area (Å²) in [5.41, 5.74) is 2.25. The van der Waals surface area contributed by atoms with Crippen LogP contribution in [0.15, 0.2) is 48.5 Å². The number of likely N-dealkylation sites (tertiary alicyclic amines) is 1. The molecule has 146 valence electrons. The fourth-order valence-corrected chi connectivity index (χ4v) is 5.00. The second-order valence-electron chi connectivity index (χ2n) is 7.48. The number of rotatable bonds is 5. The highest BCUT2D eigenvalue weighted by atomic mass is 35.5. The van der Waals surface area contributed by atoms with E-state index in [0.717, 1.165) is 41.5 Å². The summed E-state index contributed by atoms with van der Waals surface area (Å²) in [6.07, 6.45) is 2.15. The normalized spacial score (nSPS) is 18.4. The van der Waals surface area contributed by atoms with E-state index in [2.05, 4.69) is 30.4 Å². The Morgan fingerprint density at radius 1 is 1.29 bits per heavy atom. The van der Waals surface area contributed by atoms with E-state index in [9.17, 15) is 4.79 Å². The smallest absolute Gasteiger partial charge is 0.277 e. The topological polar surface area (TPSA) is 49.8 Å². The molecule has 0 radical (unpaired) electrons. The van der Waals surface area contributed by atoms with Crippen molar-refractivity contribution in [1.29, 1.82) is 0 Å². The molecule has 0 spiro atoms. The molecule has 1 aliphatic rings. The van der Waals surface area contributed by atoms with E-state index in [1.165, 1.54) is 10.3 Å². The zero-order chi connectivity index (χ0) is 19.5. The fourth-order valence-electron chi connectivity index (χ4n) is 3.78. The molecule has 2 N–H and O–H groups in total. The molecule has 1 aromatic heterocycles. The molecule has 0 unspecified atom stereocenters. The number of fused-ring (bicyclic) bond motifs is 1. The van der Waals surface area contributed by atoms with Crippen LogP contribution >= 0.6 is 22.9 Å². The van der Waals surface area contributed by atoms with E-state index in [1.54, 1.807) is 11.3 Å². The van der Waals surface area contributed by atoms with Crippen LogP contribution in [0.3, 0.4) is 0 Å². The number of nitrogens with two attached hydrogens (primary N) is 1. The second kappa shape index (κ2) is 8.60. The first-order valence-electron chi connectivity index (χ1n) is 9.82. The van der Waals surface area contributed by atoms with Gasteiger partial charge in [0.15, 0.2) is 6.54 Å². The predicted molar refractivity (Wildman–Crippen MR) is 115 cm³/mol. The van der Waals surface area contributed by atoms with Crippen molar-refractivity contribution < 1.29 is 10.1 Å². The number of carbonyl (C=O) groups is 1. The van der Waals surface area contributed by atoms with Crippen molar-refractivity contribution >= 4 is 39.1 Å². The highest BCUT2D eigenvalue weighted by Gasteiger charge is 2.27. The SMILES string of the molecule is C[C@@H]([NH2+]CC(=O)N1CCC[C@H](c2nc3ccccc3s2)C1)c1ccc(Cl)cc1. The van der Waals surface area contributed by atoms with E-state index in [0.29, 0.717) is 12.5 Å². The summed E-state index contributed by atoms with van der Waals surface area (Å²) in [7, 11) is 0. The molecule has 4 nitrogen and oxygen atoms in total. The van der Waals surface area contributed by atoms with Crippen LogP contribution in [0, 0.1) is 0 Å². The molecular weight excluding hydrogens is 390 g/mol. The fraction of sp³-hybridized carbons (Fsp3) is 0.364. The van der Waals surface area contributed by atoms with Crippen LogP contribution in [0.4, 0.5) is 0 Å². The lowest BCUT2D eigenvalue weighted by molar-refractivity contribution is -0.683. The molecule has 28 heavy (non-hydrogen) atoms. The third-order valence-electron chi connectivity index (χ3n) is 5.48. The number of carbonyl (C=O) groups excluding carboxylic acids is 1. The first-order chi connectivity index (χ1) is 13.6. The summed E-state index contributed by atoms with van der Waals surface area (Å²) in [4.78, 5) is 19.6. The number of amides is 1. The Morgan fingerprint density at radius 3 is 2.86 bits per heavy atom. The van der Waals surface area contributed by atoms with Gasteiger partial charge in [-0.15, -0.1) is 11.3 Å². The average Bonchev–Trinajstić information content (AvgIpc) is 3.17. The van der Waals surface area contributed by atoms with Crippen molar-refractivity contribution in [3.05, 3.63) is 64.1 Å². The second-order valence-corrected chi connectivity index (χ2v) is 8.98. The minimum atomic E-state index is 0.214. The van der Waals surface area contributed by atoms with Crippen molar-refractivity contribution in [2.75, 3.05) is 19.6 Å². The first kappa shape index (κ1) is 19.4. The number of piperidine rings is 1. The number of para-hydroxylation sites is 1. The maximum absolute atomic E-state index is 12.8. The van der Waals surface area contributed by atoms with Gasteiger partial charge < -0.3 is 10.2 Å². The Bertz CT molecular complexity index is 923. The van der Waals surface area contributed by atoms with Crippen LogP contribution in [0.25, 0.3) is 10.2 Å². The largest absolute Gasteiger partial charge is 0.337 e. The number of nitrogens with zero attached hydrogens (tertiary/aromatic N) is 2. The summed E-state index contributed by atoms with van der Waals surface area (Å²) in [5.74, 6) is 0.565. The summed E-state index contributed by atoms with van der Waals surface area (Å²) >= 11 is 7.73. The van der Waals surface area contributed by atoms with Gasteiger partial charge in [0.2, 0.25) is 0 Å². The van der Waals surface area contributed by atoms with E-state index in [1.807, 2.05) is 35.2 Å². The minimum absolute atomic E-state index is 0.214. The van der Waals surface area contributed by atoms with Crippen LogP contribution in [0.2, 0.25) is 5.02 Å². The third-order valence-corrected chi connectivity index (χ3v) is 6.93. The third kappa shape index (κ3) is 4.37. The van der Waals surface area contributed by atoms with E-state index in [-0.39, 0.29) is 11.9 Å². The highest BCUT2D eigenvalue weighted by Crippen LogP contribution is 2.32. The van der Waals surface area contributed by atoms with Crippen LogP contribution in [0.5, 0.6) is 0 Å². The number of hydrogen-bond acceptors (Lipinski definition) is 3. The zero-order valence-corrected chi connectivity index (χ0v) is 17.5. The van der Waals surface area contributed by atoms with Gasteiger partial charge in [-0.3, -0.25) is 4.79 Å². The van der Waals surface area contributed by atoms with Gasteiger partial charge in [0, 0.05) is 29.6 Å². The molecule has 2 aromatic carbocycles. The monoisotopic (exact) mass is 414 g/mol. The first-order valence-corrected chi connectivity index (χ1v) is 11.0. The molecule has 1 saturated heterocycles. The van der Waals surface area contributed by atoms with Crippen LogP contribution in [-0.4, -0.2) is 35.4 Å². The Hall–Kier alpha value is -1.95. The molecule has 1 amide bonds. The lowest BCUT2D eigenvalue weighted by atomic mass is 9.98. The van der Waals surface area contributed by atoms with Crippen molar-refractivity contribution in [3.8, 4) is 0 Å². The number of thiazole rings is 1. The number of quaternary nitrogens is 1. The summed E-state index contributed by atoms with van der Waals surface area (Å²) in [5, 5.41) is 4.01. The molecule has 2 atom stereocenters. The lowest BCUT2D eigenvalue weighted by Gasteiger charge is -2.31. The van der Waals surface area contributed by atoms with E-state index < -0.39 is 0 Å². The molecule has 2 heterocycles. The number of aromatic nitrogens is 1. The van der Waals surface area contributed by atoms with Gasteiger partial charge in [0.25, 0.3) is 5.91 Å².